The van der Waals surface area contributed by atoms with Crippen LogP contribution in [0.4, 0.5) is 8.78 Å². The van der Waals surface area contributed by atoms with E-state index in [1.54, 1.807) is 31.4 Å². The van der Waals surface area contributed by atoms with Gasteiger partial charge in [-0.15, -0.1) is 0 Å². The lowest BCUT2D eigenvalue weighted by Gasteiger charge is -2.06. The van der Waals surface area contributed by atoms with E-state index in [0.717, 1.165) is 17.7 Å². The van der Waals surface area contributed by atoms with Gasteiger partial charge in [0.2, 0.25) is 0 Å². The van der Waals surface area contributed by atoms with Gasteiger partial charge >= 0.3 is 0 Å². The molecule has 3 N–H and O–H groups in total. The summed E-state index contributed by atoms with van der Waals surface area (Å²) in [6.45, 7) is 0. The molecule has 7 nitrogen and oxygen atoms in total. The second-order valence-electron chi connectivity index (χ2n) is 5.43. The molecule has 3 rings (SSSR count). The molecule has 0 fully saturated rings. The lowest BCUT2D eigenvalue weighted by Crippen LogP contribution is -2.42. The summed E-state index contributed by atoms with van der Waals surface area (Å²) in [6, 6.07) is 11.0. The van der Waals surface area contributed by atoms with Gasteiger partial charge in [0.25, 0.3) is 11.8 Å². The molecule has 1 aromatic heterocycles. The van der Waals surface area contributed by atoms with Gasteiger partial charge in [0.05, 0.1) is 18.4 Å². The van der Waals surface area contributed by atoms with Crippen LogP contribution in [-0.2, 0) is 0 Å². The van der Waals surface area contributed by atoms with Crippen molar-refractivity contribution in [1.29, 1.82) is 0 Å². The van der Waals surface area contributed by atoms with Crippen LogP contribution in [0.1, 0.15) is 20.8 Å². The first-order valence-electron chi connectivity index (χ1n) is 7.73. The van der Waals surface area contributed by atoms with Crippen LogP contribution < -0.4 is 15.6 Å². The van der Waals surface area contributed by atoms with E-state index < -0.39 is 29.0 Å². The third-order valence-electron chi connectivity index (χ3n) is 3.67. The van der Waals surface area contributed by atoms with Crippen molar-refractivity contribution in [3.05, 3.63) is 71.4 Å². The van der Waals surface area contributed by atoms with E-state index in [9.17, 15) is 18.4 Å². The Morgan fingerprint density at radius 2 is 1.70 bits per heavy atom. The molecule has 0 atom stereocenters. The predicted molar refractivity (Wildman–Crippen MR) is 91.9 cm³/mol. The molecule has 0 bridgehead atoms. The molecule has 0 aliphatic heterocycles. The van der Waals surface area contributed by atoms with Crippen LogP contribution in [0.3, 0.4) is 0 Å². The molecule has 138 valence electrons. The quantitative estimate of drug-likeness (QED) is 0.613. The lowest BCUT2D eigenvalue weighted by atomic mass is 10.1. The standard InChI is InChI=1S/C18H14F2N4O3/c1-27-12-5-2-10(3-6-12)15-9-16(22-21-15)18(26)24-23-17(25)13-7-4-11(19)8-14(13)20/h2-9H,1H3,(H,21,22)(H,23,25)(H,24,26). The number of nitrogens with zero attached hydrogens (tertiary/aromatic N) is 1. The zero-order valence-electron chi connectivity index (χ0n) is 14.0. The maximum absolute atomic E-state index is 13.6. The summed E-state index contributed by atoms with van der Waals surface area (Å²) in [6.07, 6.45) is 0. The highest BCUT2D eigenvalue weighted by Crippen LogP contribution is 2.21. The number of carbonyl (C=O) groups excluding carboxylic acids is 2. The van der Waals surface area contributed by atoms with Gasteiger partial charge in [0.1, 0.15) is 23.1 Å². The summed E-state index contributed by atoms with van der Waals surface area (Å²) in [5.41, 5.74) is 5.14. The number of hydrogen-bond acceptors (Lipinski definition) is 4. The van der Waals surface area contributed by atoms with Gasteiger partial charge in [0.15, 0.2) is 0 Å². The summed E-state index contributed by atoms with van der Waals surface area (Å²) in [7, 11) is 1.55. The Labute approximate surface area is 152 Å². The number of hydrazine groups is 1. The fourth-order valence-electron chi connectivity index (χ4n) is 2.27. The van der Waals surface area contributed by atoms with Crippen molar-refractivity contribution in [3.8, 4) is 17.0 Å². The molecule has 0 saturated heterocycles. The normalized spacial score (nSPS) is 10.3. The van der Waals surface area contributed by atoms with Crippen molar-refractivity contribution in [1.82, 2.24) is 21.0 Å². The summed E-state index contributed by atoms with van der Waals surface area (Å²) in [5, 5.41) is 6.58. The van der Waals surface area contributed by atoms with Crippen LogP contribution in [0.15, 0.2) is 48.5 Å². The average Bonchev–Trinajstić information content (AvgIpc) is 3.16. The van der Waals surface area contributed by atoms with Crippen molar-refractivity contribution in [2.45, 2.75) is 0 Å². The zero-order chi connectivity index (χ0) is 19.4. The molecular formula is C18H14F2N4O3. The molecule has 0 aliphatic rings. The Hall–Kier alpha value is -3.75. The van der Waals surface area contributed by atoms with Crippen LogP contribution in [-0.4, -0.2) is 29.1 Å². The van der Waals surface area contributed by atoms with Gasteiger partial charge in [-0.3, -0.25) is 25.5 Å². The van der Waals surface area contributed by atoms with Crippen LogP contribution in [0.2, 0.25) is 0 Å². The molecule has 0 unspecified atom stereocenters. The van der Waals surface area contributed by atoms with Crippen molar-refractivity contribution >= 4 is 11.8 Å². The molecule has 0 saturated carbocycles. The fourth-order valence-corrected chi connectivity index (χ4v) is 2.27. The Morgan fingerprint density at radius 3 is 2.37 bits per heavy atom. The van der Waals surface area contributed by atoms with E-state index in [0.29, 0.717) is 17.5 Å². The summed E-state index contributed by atoms with van der Waals surface area (Å²) in [5.74, 6) is -2.77. The van der Waals surface area contributed by atoms with E-state index in [-0.39, 0.29) is 5.69 Å². The number of aromatic nitrogens is 2. The number of ether oxygens (including phenoxy) is 1. The van der Waals surface area contributed by atoms with Crippen molar-refractivity contribution in [3.63, 3.8) is 0 Å². The number of rotatable bonds is 4. The Kier molecular flexibility index (Phi) is 5.11. The van der Waals surface area contributed by atoms with Crippen molar-refractivity contribution < 1.29 is 23.1 Å². The summed E-state index contributed by atoms with van der Waals surface area (Å²) in [4.78, 5) is 24.0. The highest BCUT2D eigenvalue weighted by molar-refractivity contribution is 5.98. The number of hydrogen-bond donors (Lipinski definition) is 3. The van der Waals surface area contributed by atoms with Crippen LogP contribution in [0.5, 0.6) is 5.75 Å². The first-order chi connectivity index (χ1) is 13.0. The molecule has 3 aromatic rings. The van der Waals surface area contributed by atoms with Crippen LogP contribution >= 0.6 is 0 Å². The van der Waals surface area contributed by atoms with Gasteiger partial charge in [-0.25, -0.2) is 8.78 Å². The minimum Gasteiger partial charge on any atom is -0.497 e. The third-order valence-corrected chi connectivity index (χ3v) is 3.67. The Balaban J connectivity index is 1.64. The van der Waals surface area contributed by atoms with E-state index in [4.69, 9.17) is 4.74 Å². The smallest absolute Gasteiger partial charge is 0.287 e. The molecule has 1 heterocycles. The molecule has 0 spiro atoms. The number of nitrogens with one attached hydrogen (secondary N) is 3. The number of halogens is 2. The maximum Gasteiger partial charge on any atom is 0.287 e. The van der Waals surface area contributed by atoms with Crippen molar-refractivity contribution in [2.75, 3.05) is 7.11 Å². The highest BCUT2D eigenvalue weighted by Gasteiger charge is 2.15. The van der Waals surface area contributed by atoms with E-state index in [1.807, 2.05) is 0 Å². The molecule has 2 amide bonds. The summed E-state index contributed by atoms with van der Waals surface area (Å²) < 4.78 is 31.5. The second kappa shape index (κ2) is 7.65. The molecule has 27 heavy (non-hydrogen) atoms. The van der Waals surface area contributed by atoms with E-state index in [1.165, 1.54) is 6.07 Å². The van der Waals surface area contributed by atoms with Gasteiger partial charge in [0, 0.05) is 11.6 Å². The minimum atomic E-state index is -1.04. The van der Waals surface area contributed by atoms with Crippen molar-refractivity contribution in [2.24, 2.45) is 0 Å². The van der Waals surface area contributed by atoms with E-state index in [2.05, 4.69) is 21.0 Å². The molecule has 9 heteroatoms. The number of methoxy groups -OCH3 is 1. The fraction of sp³-hybridized carbons (Fsp3) is 0.0556. The molecule has 2 aromatic carbocycles. The number of amides is 2. The van der Waals surface area contributed by atoms with E-state index >= 15 is 0 Å². The van der Waals surface area contributed by atoms with Gasteiger partial charge in [-0.2, -0.15) is 5.10 Å². The first-order valence-corrected chi connectivity index (χ1v) is 7.73. The number of carbonyl (C=O) groups is 2. The van der Waals surface area contributed by atoms with Gasteiger partial charge < -0.3 is 4.74 Å². The topological polar surface area (TPSA) is 96.1 Å². The molecule has 0 aliphatic carbocycles. The lowest BCUT2D eigenvalue weighted by molar-refractivity contribution is 0.0841. The second-order valence-corrected chi connectivity index (χ2v) is 5.43. The Morgan fingerprint density at radius 1 is 1.00 bits per heavy atom. The third kappa shape index (κ3) is 4.09. The first kappa shape index (κ1) is 18.1. The Bertz CT molecular complexity index is 987. The maximum atomic E-state index is 13.6. The number of benzene rings is 2. The molecular weight excluding hydrogens is 358 g/mol. The van der Waals surface area contributed by atoms with Crippen LogP contribution in [0.25, 0.3) is 11.3 Å². The zero-order valence-corrected chi connectivity index (χ0v) is 14.0. The highest BCUT2D eigenvalue weighted by atomic mass is 19.1. The number of aromatic amines is 1. The average molecular weight is 372 g/mol. The molecule has 0 radical (unpaired) electrons. The monoisotopic (exact) mass is 372 g/mol. The van der Waals surface area contributed by atoms with Gasteiger partial charge in [-0.05, 0) is 42.5 Å². The number of H-pyrrole nitrogens is 1. The van der Waals surface area contributed by atoms with Gasteiger partial charge in [-0.1, -0.05) is 0 Å². The minimum absolute atomic E-state index is 0.0840. The largest absolute Gasteiger partial charge is 0.497 e. The SMILES string of the molecule is COc1ccc(-c2cc(C(=O)NNC(=O)c3ccc(F)cc3F)[nH]n2)cc1. The van der Waals surface area contributed by atoms with Crippen LogP contribution in [0, 0.1) is 11.6 Å². The predicted octanol–water partition coefficient (Wildman–Crippen LogP) is 2.44. The summed E-state index contributed by atoms with van der Waals surface area (Å²) >= 11 is 0.